The van der Waals surface area contributed by atoms with E-state index in [0.717, 1.165) is 17.1 Å². The van der Waals surface area contributed by atoms with Crippen molar-refractivity contribution in [2.75, 3.05) is 7.11 Å². The summed E-state index contributed by atoms with van der Waals surface area (Å²) in [5.41, 5.74) is 1.88. The summed E-state index contributed by atoms with van der Waals surface area (Å²) in [6.45, 7) is 1.50. The Hall–Kier alpha value is -3.54. The molecule has 5 aromatic rings. The van der Waals surface area contributed by atoms with Gasteiger partial charge in [-0.3, -0.25) is 4.79 Å². The summed E-state index contributed by atoms with van der Waals surface area (Å²) in [7, 11) is -2.53. The molecule has 0 aliphatic carbocycles. The lowest BCUT2D eigenvalue weighted by Gasteiger charge is -2.22. The van der Waals surface area contributed by atoms with Crippen LogP contribution < -0.4 is 10.3 Å². The molecule has 0 fully saturated rings. The molecule has 0 amide bonds. The van der Waals surface area contributed by atoms with E-state index >= 15 is 0 Å². The van der Waals surface area contributed by atoms with Crippen molar-refractivity contribution < 1.29 is 17.6 Å². The highest BCUT2D eigenvalue weighted by atomic mass is 32.2. The summed E-state index contributed by atoms with van der Waals surface area (Å²) in [4.78, 5) is 15.8. The molecule has 0 saturated carbocycles. The fraction of sp³-hybridized carbons (Fsp3) is 0.174. The van der Waals surface area contributed by atoms with E-state index in [1.807, 2.05) is 6.07 Å². The molecule has 34 heavy (non-hydrogen) atoms. The standard InChI is InChI=1S/C23H20N4O5S2/c1-14-5-8-19-21(26-33-25-19)22(14)34(29,30)27(13-18-4-3-9-32-18)12-16-10-15-6-7-17(31-2)11-20(15)24-23(16)28/h3-11H,12-13H2,1-2H3,(H,24,28). The second-order valence-electron chi connectivity index (χ2n) is 7.77. The molecular formula is C23H20N4O5S2. The number of nitrogens with one attached hydrogen (secondary N) is 1. The lowest BCUT2D eigenvalue weighted by atomic mass is 10.1. The first-order valence-electron chi connectivity index (χ1n) is 10.3. The third-order valence-corrected chi connectivity index (χ3v) is 8.08. The van der Waals surface area contributed by atoms with Gasteiger partial charge in [0.05, 0.1) is 37.2 Å². The van der Waals surface area contributed by atoms with Gasteiger partial charge in [0.1, 0.15) is 27.4 Å². The number of ether oxygens (including phenoxy) is 1. The lowest BCUT2D eigenvalue weighted by molar-refractivity contribution is 0.357. The van der Waals surface area contributed by atoms with Gasteiger partial charge in [-0.2, -0.15) is 13.1 Å². The Bertz CT molecular complexity index is 1660. The van der Waals surface area contributed by atoms with Gasteiger partial charge in [0.2, 0.25) is 10.0 Å². The Morgan fingerprint density at radius 3 is 2.74 bits per heavy atom. The number of aromatic amines is 1. The Labute approximate surface area is 199 Å². The maximum absolute atomic E-state index is 13.9. The summed E-state index contributed by atoms with van der Waals surface area (Å²) < 4.78 is 48.2. The zero-order valence-electron chi connectivity index (χ0n) is 18.3. The third-order valence-electron chi connectivity index (χ3n) is 5.57. The van der Waals surface area contributed by atoms with Crippen LogP contribution in [0, 0.1) is 6.92 Å². The number of rotatable bonds is 7. The molecule has 0 atom stereocenters. The van der Waals surface area contributed by atoms with E-state index in [2.05, 4.69) is 13.7 Å². The summed E-state index contributed by atoms with van der Waals surface area (Å²) in [5.74, 6) is 1.06. The van der Waals surface area contributed by atoms with Gasteiger partial charge in [0.25, 0.3) is 5.56 Å². The number of furan rings is 1. The number of benzene rings is 2. The molecule has 174 valence electrons. The highest BCUT2D eigenvalue weighted by molar-refractivity contribution is 7.89. The molecule has 3 aromatic heterocycles. The Morgan fingerprint density at radius 2 is 1.97 bits per heavy atom. The minimum atomic E-state index is -4.08. The number of aromatic nitrogens is 3. The van der Waals surface area contributed by atoms with Crippen LogP contribution in [0.15, 0.2) is 68.9 Å². The van der Waals surface area contributed by atoms with Gasteiger partial charge in [-0.05, 0) is 54.3 Å². The molecule has 2 aromatic carbocycles. The van der Waals surface area contributed by atoms with Crippen molar-refractivity contribution in [1.29, 1.82) is 0 Å². The highest BCUT2D eigenvalue weighted by Crippen LogP contribution is 2.30. The first-order chi connectivity index (χ1) is 16.4. The average Bonchev–Trinajstić information content (AvgIpc) is 3.50. The maximum atomic E-state index is 13.9. The van der Waals surface area contributed by atoms with Crippen molar-refractivity contribution in [3.63, 3.8) is 0 Å². The number of fused-ring (bicyclic) bond motifs is 2. The molecule has 0 spiro atoms. The predicted molar refractivity (Wildman–Crippen MR) is 128 cm³/mol. The Kier molecular flexibility index (Phi) is 5.68. The Balaban J connectivity index is 1.62. The van der Waals surface area contributed by atoms with Crippen LogP contribution in [-0.2, 0) is 23.1 Å². The number of H-pyrrole nitrogens is 1. The zero-order valence-corrected chi connectivity index (χ0v) is 19.9. The van der Waals surface area contributed by atoms with Gasteiger partial charge in [0, 0.05) is 18.2 Å². The fourth-order valence-electron chi connectivity index (χ4n) is 3.85. The lowest BCUT2D eigenvalue weighted by Crippen LogP contribution is -2.33. The normalized spacial score (nSPS) is 12.1. The van der Waals surface area contributed by atoms with Gasteiger partial charge in [-0.25, -0.2) is 8.42 Å². The van der Waals surface area contributed by atoms with Gasteiger partial charge in [-0.1, -0.05) is 6.07 Å². The van der Waals surface area contributed by atoms with E-state index in [9.17, 15) is 13.2 Å². The molecule has 0 aliphatic heterocycles. The average molecular weight is 497 g/mol. The number of pyridine rings is 1. The molecule has 0 bridgehead atoms. The van der Waals surface area contributed by atoms with E-state index in [4.69, 9.17) is 9.15 Å². The molecule has 3 heterocycles. The highest BCUT2D eigenvalue weighted by Gasteiger charge is 2.31. The van der Waals surface area contributed by atoms with Gasteiger partial charge in [-0.15, -0.1) is 0 Å². The quantitative estimate of drug-likeness (QED) is 0.364. The first kappa shape index (κ1) is 22.3. The molecular weight excluding hydrogens is 476 g/mol. The monoisotopic (exact) mass is 496 g/mol. The van der Waals surface area contributed by atoms with E-state index in [1.165, 1.54) is 10.6 Å². The molecule has 0 radical (unpaired) electrons. The topological polar surface area (TPSA) is 118 Å². The van der Waals surface area contributed by atoms with Crippen molar-refractivity contribution in [3.05, 3.63) is 82.0 Å². The molecule has 1 N–H and O–H groups in total. The summed E-state index contributed by atoms with van der Waals surface area (Å²) in [5, 5.41) is 0.757. The van der Waals surface area contributed by atoms with Gasteiger partial charge < -0.3 is 14.1 Å². The minimum absolute atomic E-state index is 0.0528. The second-order valence-corrected chi connectivity index (χ2v) is 10.2. The molecule has 0 aliphatic rings. The third kappa shape index (κ3) is 3.98. The number of sulfonamides is 1. The van der Waals surface area contributed by atoms with E-state index < -0.39 is 10.0 Å². The van der Waals surface area contributed by atoms with Crippen LogP contribution in [-0.4, -0.2) is 33.6 Å². The molecule has 0 unspecified atom stereocenters. The van der Waals surface area contributed by atoms with E-state index in [0.29, 0.717) is 39.2 Å². The summed E-state index contributed by atoms with van der Waals surface area (Å²) in [6, 6.07) is 13.8. The number of hydrogen-bond donors (Lipinski definition) is 1. The van der Waals surface area contributed by atoms with Crippen LogP contribution in [0.2, 0.25) is 0 Å². The maximum Gasteiger partial charge on any atom is 0.252 e. The van der Waals surface area contributed by atoms with Crippen molar-refractivity contribution in [2.45, 2.75) is 24.9 Å². The van der Waals surface area contributed by atoms with Gasteiger partial charge in [0.15, 0.2) is 0 Å². The van der Waals surface area contributed by atoms with Crippen LogP contribution in [0.3, 0.4) is 0 Å². The first-order valence-corrected chi connectivity index (χ1v) is 12.5. The molecule has 0 saturated heterocycles. The fourth-order valence-corrected chi connectivity index (χ4v) is 6.18. The minimum Gasteiger partial charge on any atom is -0.497 e. The zero-order chi connectivity index (χ0) is 23.9. The number of hydrogen-bond acceptors (Lipinski definition) is 8. The number of nitrogens with zero attached hydrogens (tertiary/aromatic N) is 3. The summed E-state index contributed by atoms with van der Waals surface area (Å²) >= 11 is 0.953. The van der Waals surface area contributed by atoms with Crippen LogP contribution in [0.1, 0.15) is 16.9 Å². The van der Waals surface area contributed by atoms with Crippen LogP contribution in [0.25, 0.3) is 21.9 Å². The SMILES string of the molecule is COc1ccc2cc(CN(Cc3ccco3)S(=O)(=O)c3c(C)ccc4nsnc34)c(=O)[nH]c2c1. The van der Waals surface area contributed by atoms with E-state index in [-0.39, 0.29) is 23.5 Å². The van der Waals surface area contributed by atoms with Crippen molar-refractivity contribution >= 4 is 43.7 Å². The smallest absolute Gasteiger partial charge is 0.252 e. The van der Waals surface area contributed by atoms with Crippen molar-refractivity contribution in [1.82, 2.24) is 18.0 Å². The number of aryl methyl sites for hydroxylation is 1. The second kappa shape index (κ2) is 8.67. The van der Waals surface area contributed by atoms with Crippen LogP contribution >= 0.6 is 11.7 Å². The molecule has 9 nitrogen and oxygen atoms in total. The van der Waals surface area contributed by atoms with Gasteiger partial charge >= 0.3 is 0 Å². The summed E-state index contributed by atoms with van der Waals surface area (Å²) in [6.07, 6.45) is 1.48. The Morgan fingerprint density at radius 1 is 1.12 bits per heavy atom. The molecule has 5 rings (SSSR count). The van der Waals surface area contributed by atoms with Crippen LogP contribution in [0.4, 0.5) is 0 Å². The molecule has 11 heteroatoms. The number of methoxy groups -OCH3 is 1. The van der Waals surface area contributed by atoms with E-state index in [1.54, 1.807) is 56.5 Å². The van der Waals surface area contributed by atoms with Crippen molar-refractivity contribution in [3.8, 4) is 5.75 Å². The van der Waals surface area contributed by atoms with Crippen molar-refractivity contribution in [2.24, 2.45) is 0 Å². The largest absolute Gasteiger partial charge is 0.497 e. The predicted octanol–water partition coefficient (Wildman–Crippen LogP) is 3.83. The van der Waals surface area contributed by atoms with Crippen LogP contribution in [0.5, 0.6) is 5.75 Å².